The van der Waals surface area contributed by atoms with Gasteiger partial charge in [-0.25, -0.2) is 4.98 Å². The van der Waals surface area contributed by atoms with E-state index in [0.29, 0.717) is 17.7 Å². The Morgan fingerprint density at radius 2 is 1.29 bits per heavy atom. The van der Waals surface area contributed by atoms with Gasteiger partial charge in [-0.05, 0) is 45.9 Å². The van der Waals surface area contributed by atoms with E-state index in [9.17, 15) is 9.90 Å². The highest BCUT2D eigenvalue weighted by Crippen LogP contribution is 2.43. The first kappa shape index (κ1) is 29.7. The lowest BCUT2D eigenvalue weighted by molar-refractivity contribution is 0.0278. The number of nitrogens with two attached hydrogens (primary N) is 1. The van der Waals surface area contributed by atoms with Crippen LogP contribution in [-0.2, 0) is 17.6 Å². The predicted molar refractivity (Wildman–Crippen MR) is 177 cm³/mol. The first-order chi connectivity index (χ1) is 21.8. The van der Waals surface area contributed by atoms with Crippen LogP contribution in [0.2, 0.25) is 0 Å². The third-order valence-corrected chi connectivity index (χ3v) is 8.65. The van der Waals surface area contributed by atoms with Crippen LogP contribution in [0, 0.1) is 5.92 Å². The van der Waals surface area contributed by atoms with Crippen LogP contribution in [-0.4, -0.2) is 25.5 Å². The summed E-state index contributed by atoms with van der Waals surface area (Å²) in [6, 6.07) is 42.4. The summed E-state index contributed by atoms with van der Waals surface area (Å²) < 4.78 is 2.13. The van der Waals surface area contributed by atoms with Crippen molar-refractivity contribution in [3.8, 4) is 0 Å². The molecule has 1 atom stereocenters. The molecule has 45 heavy (non-hydrogen) atoms. The first-order valence-electron chi connectivity index (χ1n) is 15.1. The number of amides is 1. The van der Waals surface area contributed by atoms with Gasteiger partial charge in [0.25, 0.3) is 0 Å². The number of rotatable bonds is 10. The van der Waals surface area contributed by atoms with Gasteiger partial charge in [-0.2, -0.15) is 0 Å². The maximum absolute atomic E-state index is 12.5. The van der Waals surface area contributed by atoms with Crippen molar-refractivity contribution in [1.29, 1.82) is 0 Å². The minimum absolute atomic E-state index is 0.180. The van der Waals surface area contributed by atoms with E-state index in [1.807, 2.05) is 68.8 Å². The van der Waals surface area contributed by atoms with E-state index in [0.717, 1.165) is 33.5 Å². The molecule has 0 radical (unpaired) electrons. The van der Waals surface area contributed by atoms with Crippen LogP contribution in [0.15, 0.2) is 146 Å². The van der Waals surface area contributed by atoms with Gasteiger partial charge in [0, 0.05) is 30.1 Å². The molecule has 224 valence electrons. The number of hydrogen-bond donors (Lipinski definition) is 2. The summed E-state index contributed by atoms with van der Waals surface area (Å²) >= 11 is 0. The quantitative estimate of drug-likeness (QED) is 0.173. The Kier molecular flexibility index (Phi) is 8.16. The van der Waals surface area contributed by atoms with E-state index in [-0.39, 0.29) is 5.92 Å². The molecule has 0 aliphatic rings. The van der Waals surface area contributed by atoms with Crippen molar-refractivity contribution in [2.75, 3.05) is 0 Å². The monoisotopic (exact) mass is 592 g/mol. The van der Waals surface area contributed by atoms with Crippen molar-refractivity contribution >= 4 is 5.91 Å². The summed E-state index contributed by atoms with van der Waals surface area (Å²) in [5.41, 5.74) is 10.1. The number of aliphatic hydroxyl groups is 1. The summed E-state index contributed by atoms with van der Waals surface area (Å²) in [4.78, 5) is 20.9. The molecule has 6 rings (SSSR count). The Labute approximate surface area is 263 Å². The third-order valence-electron chi connectivity index (χ3n) is 8.65. The molecule has 2 aromatic heterocycles. The molecule has 4 aromatic carbocycles. The molecule has 0 saturated heterocycles. The van der Waals surface area contributed by atoms with Gasteiger partial charge in [0.1, 0.15) is 11.1 Å². The molecular formula is C39H36N4O2. The Balaban J connectivity index is 1.44. The van der Waals surface area contributed by atoms with E-state index in [4.69, 9.17) is 10.7 Å². The minimum Gasteiger partial charge on any atom is -0.378 e. The Hall–Kier alpha value is -5.33. The van der Waals surface area contributed by atoms with Crippen molar-refractivity contribution in [1.82, 2.24) is 14.5 Å². The van der Waals surface area contributed by atoms with Gasteiger partial charge in [0.15, 0.2) is 0 Å². The maximum atomic E-state index is 12.5. The second kappa shape index (κ2) is 12.3. The third kappa shape index (κ3) is 5.45. The summed E-state index contributed by atoms with van der Waals surface area (Å²) in [5.74, 6) is -0.661. The van der Waals surface area contributed by atoms with Gasteiger partial charge >= 0.3 is 0 Å². The minimum atomic E-state index is -1.36. The lowest BCUT2D eigenvalue weighted by Gasteiger charge is -2.37. The smallest absolute Gasteiger partial charge is 0.248 e. The van der Waals surface area contributed by atoms with Crippen molar-refractivity contribution < 1.29 is 9.90 Å². The van der Waals surface area contributed by atoms with E-state index in [1.54, 1.807) is 18.3 Å². The second-order valence-corrected chi connectivity index (χ2v) is 11.7. The topological polar surface area (TPSA) is 94.0 Å². The normalized spacial score (nSPS) is 13.0. The fourth-order valence-electron chi connectivity index (χ4n) is 6.28. The molecule has 1 unspecified atom stereocenters. The van der Waals surface area contributed by atoms with Crippen LogP contribution in [0.25, 0.3) is 0 Å². The molecular weight excluding hydrogens is 556 g/mol. The summed E-state index contributed by atoms with van der Waals surface area (Å²) in [7, 11) is 0. The lowest BCUT2D eigenvalue weighted by atomic mass is 9.76. The van der Waals surface area contributed by atoms with Crippen LogP contribution >= 0.6 is 0 Å². The fraction of sp³-hybridized carbons (Fsp3) is 0.154. The largest absolute Gasteiger partial charge is 0.378 e. The lowest BCUT2D eigenvalue weighted by Crippen LogP contribution is -2.37. The molecule has 6 nitrogen and oxygen atoms in total. The van der Waals surface area contributed by atoms with Crippen molar-refractivity contribution in [3.05, 3.63) is 191 Å². The Morgan fingerprint density at radius 1 is 0.756 bits per heavy atom. The average Bonchev–Trinajstić information content (AvgIpc) is 3.58. The summed E-state index contributed by atoms with van der Waals surface area (Å²) in [6.45, 7) is 4.01. The zero-order chi connectivity index (χ0) is 31.4. The summed E-state index contributed by atoms with van der Waals surface area (Å²) in [6.07, 6.45) is 5.95. The number of benzene rings is 4. The number of nitrogens with zero attached hydrogens (tertiary/aromatic N) is 3. The second-order valence-electron chi connectivity index (χ2n) is 11.7. The van der Waals surface area contributed by atoms with Crippen molar-refractivity contribution in [2.24, 2.45) is 11.7 Å². The number of pyridine rings is 1. The first-order valence-corrected chi connectivity index (χ1v) is 15.1. The Bertz CT molecular complexity index is 1790. The van der Waals surface area contributed by atoms with Gasteiger partial charge < -0.3 is 15.4 Å². The molecule has 0 bridgehead atoms. The molecule has 2 heterocycles. The van der Waals surface area contributed by atoms with Gasteiger partial charge in [0.2, 0.25) is 5.91 Å². The van der Waals surface area contributed by atoms with E-state index < -0.39 is 17.0 Å². The van der Waals surface area contributed by atoms with Crippen LogP contribution in [0.1, 0.15) is 63.4 Å². The molecule has 0 aliphatic heterocycles. The molecule has 0 aliphatic carbocycles. The number of hydrogen-bond acceptors (Lipinski definition) is 4. The zero-order valence-corrected chi connectivity index (χ0v) is 25.4. The molecule has 0 fully saturated rings. The van der Waals surface area contributed by atoms with Crippen molar-refractivity contribution in [2.45, 2.75) is 31.4 Å². The van der Waals surface area contributed by atoms with Crippen LogP contribution in [0.3, 0.4) is 0 Å². The molecule has 6 heteroatoms. The number of carbonyl (C=O) groups excluding carboxylic acids is 1. The molecule has 6 aromatic rings. The Morgan fingerprint density at radius 3 is 1.78 bits per heavy atom. The maximum Gasteiger partial charge on any atom is 0.248 e. The van der Waals surface area contributed by atoms with Crippen LogP contribution in [0.5, 0.6) is 0 Å². The van der Waals surface area contributed by atoms with E-state index in [1.165, 1.54) is 0 Å². The van der Waals surface area contributed by atoms with Crippen LogP contribution < -0.4 is 5.73 Å². The van der Waals surface area contributed by atoms with Crippen LogP contribution in [0.4, 0.5) is 0 Å². The van der Waals surface area contributed by atoms with E-state index >= 15 is 0 Å². The fourth-order valence-corrected chi connectivity index (χ4v) is 6.28. The predicted octanol–water partition coefficient (Wildman–Crippen LogP) is 6.70. The molecule has 0 saturated carbocycles. The van der Waals surface area contributed by atoms with E-state index in [2.05, 4.69) is 82.3 Å². The van der Waals surface area contributed by atoms with Gasteiger partial charge in [-0.3, -0.25) is 9.78 Å². The summed E-state index contributed by atoms with van der Waals surface area (Å²) in [5, 5.41) is 12.5. The molecule has 1 amide bonds. The SMILES string of the molecule is CC(C)C(O)(c1ccc(Cc2cc(C(N)=O)ccn2)cc1)c1cn(C(c2ccccc2)(c2ccccc2)c2ccccc2)cn1. The highest BCUT2D eigenvalue weighted by molar-refractivity contribution is 5.92. The highest BCUT2D eigenvalue weighted by Gasteiger charge is 2.42. The molecule has 0 spiro atoms. The van der Waals surface area contributed by atoms with Gasteiger partial charge in [0.05, 0.1) is 12.0 Å². The zero-order valence-electron chi connectivity index (χ0n) is 25.4. The number of aromatic nitrogens is 3. The number of carbonyl (C=O) groups is 1. The molecule has 3 N–H and O–H groups in total. The number of imidazole rings is 1. The van der Waals surface area contributed by atoms with Gasteiger partial charge in [-0.15, -0.1) is 0 Å². The number of primary amides is 1. The highest BCUT2D eigenvalue weighted by atomic mass is 16.3. The van der Waals surface area contributed by atoms with Gasteiger partial charge in [-0.1, -0.05) is 129 Å². The van der Waals surface area contributed by atoms with Crippen molar-refractivity contribution in [3.63, 3.8) is 0 Å². The standard InChI is InChI=1S/C39H36N4O2/c1-28(2)39(45,34-20-18-29(19-21-34)24-35-25-30(37(40)44)22-23-41-35)36-26-43(27-42-36)38(31-12-6-3-7-13-31,32-14-8-4-9-15-32)33-16-10-5-11-17-33/h3-23,25-28,45H,24H2,1-2H3,(H2,40,44). The average molecular weight is 593 g/mol.